The summed E-state index contributed by atoms with van der Waals surface area (Å²) in [6, 6.07) is 7.42. The molecule has 1 fully saturated rings. The number of rotatable bonds is 7. The molecule has 0 aliphatic heterocycles. The van der Waals surface area contributed by atoms with E-state index in [9.17, 15) is 9.59 Å². The zero-order valence-electron chi connectivity index (χ0n) is 18.1. The molecule has 2 aromatic heterocycles. The third kappa shape index (κ3) is 4.85. The fourth-order valence-electron chi connectivity index (χ4n) is 3.99. The predicted octanol–water partition coefficient (Wildman–Crippen LogP) is 4.70. The SMILES string of the molecule is CCOC(=O)c1cnc(N)c2c(COc3cccc(C(=O)NC4CCCCC4)c3)csc12. The van der Waals surface area contributed by atoms with E-state index in [2.05, 4.69) is 10.3 Å². The number of nitrogen functional groups attached to an aromatic ring is 1. The van der Waals surface area contributed by atoms with Crippen molar-refractivity contribution in [2.24, 2.45) is 0 Å². The van der Waals surface area contributed by atoms with Crippen LogP contribution in [0.3, 0.4) is 0 Å². The predicted molar refractivity (Wildman–Crippen MR) is 125 cm³/mol. The summed E-state index contributed by atoms with van der Waals surface area (Å²) in [4.78, 5) is 29.0. The number of hydrogen-bond acceptors (Lipinski definition) is 7. The maximum absolute atomic E-state index is 12.6. The second kappa shape index (κ2) is 9.99. The lowest BCUT2D eigenvalue weighted by Crippen LogP contribution is -2.36. The number of anilines is 1. The van der Waals surface area contributed by atoms with Gasteiger partial charge in [-0.1, -0.05) is 25.3 Å². The van der Waals surface area contributed by atoms with Gasteiger partial charge in [0.15, 0.2) is 0 Å². The standard InChI is InChI=1S/C24H27N3O4S/c1-2-30-24(29)19-12-26-22(25)20-16(14-32-21(19)20)13-31-18-10-6-7-15(11-18)23(28)27-17-8-4-3-5-9-17/h6-7,10-12,14,17H,2-5,8-9,13H2,1H3,(H2,25,26)(H,27,28). The molecule has 8 heteroatoms. The van der Waals surface area contributed by atoms with Crippen LogP contribution in [0.2, 0.25) is 0 Å². The summed E-state index contributed by atoms with van der Waals surface area (Å²) >= 11 is 1.41. The number of esters is 1. The molecule has 2 heterocycles. The number of ether oxygens (including phenoxy) is 2. The molecule has 0 spiro atoms. The minimum absolute atomic E-state index is 0.0733. The van der Waals surface area contributed by atoms with Crippen LogP contribution in [0.15, 0.2) is 35.8 Å². The molecule has 3 aromatic rings. The molecule has 0 saturated heterocycles. The Kier molecular flexibility index (Phi) is 6.90. The smallest absolute Gasteiger partial charge is 0.341 e. The van der Waals surface area contributed by atoms with Crippen LogP contribution in [0, 0.1) is 0 Å². The Balaban J connectivity index is 1.48. The number of amides is 1. The fraction of sp³-hybridized carbons (Fsp3) is 0.375. The van der Waals surface area contributed by atoms with Crippen LogP contribution in [0.4, 0.5) is 5.82 Å². The van der Waals surface area contributed by atoms with Gasteiger partial charge < -0.3 is 20.5 Å². The molecule has 0 radical (unpaired) electrons. The van der Waals surface area contributed by atoms with Gasteiger partial charge in [0.1, 0.15) is 18.2 Å². The highest BCUT2D eigenvalue weighted by Crippen LogP contribution is 2.33. The van der Waals surface area contributed by atoms with Gasteiger partial charge in [0.25, 0.3) is 5.91 Å². The van der Waals surface area contributed by atoms with Crippen molar-refractivity contribution in [2.75, 3.05) is 12.3 Å². The Bertz CT molecular complexity index is 1120. The number of nitrogens with two attached hydrogens (primary N) is 1. The number of carbonyl (C=O) groups is 2. The number of fused-ring (bicyclic) bond motifs is 1. The van der Waals surface area contributed by atoms with Gasteiger partial charge in [-0.25, -0.2) is 9.78 Å². The first-order valence-corrected chi connectivity index (χ1v) is 11.8. The first kappa shape index (κ1) is 22.1. The summed E-state index contributed by atoms with van der Waals surface area (Å²) < 4.78 is 11.8. The maximum Gasteiger partial charge on any atom is 0.341 e. The van der Waals surface area contributed by atoms with Gasteiger partial charge in [-0.3, -0.25) is 4.79 Å². The highest BCUT2D eigenvalue weighted by Gasteiger charge is 2.19. The molecule has 32 heavy (non-hydrogen) atoms. The van der Waals surface area contributed by atoms with Crippen molar-refractivity contribution in [3.63, 3.8) is 0 Å². The summed E-state index contributed by atoms with van der Waals surface area (Å²) in [7, 11) is 0. The minimum Gasteiger partial charge on any atom is -0.489 e. The molecule has 1 saturated carbocycles. The Labute approximate surface area is 190 Å². The van der Waals surface area contributed by atoms with E-state index in [0.29, 0.717) is 28.1 Å². The number of benzene rings is 1. The van der Waals surface area contributed by atoms with E-state index < -0.39 is 5.97 Å². The molecule has 7 nitrogen and oxygen atoms in total. The van der Waals surface area contributed by atoms with E-state index >= 15 is 0 Å². The number of pyridine rings is 1. The molecule has 0 unspecified atom stereocenters. The number of thiophene rings is 1. The van der Waals surface area contributed by atoms with Gasteiger partial charge in [-0.2, -0.15) is 0 Å². The van der Waals surface area contributed by atoms with E-state index in [1.54, 1.807) is 19.1 Å². The van der Waals surface area contributed by atoms with Crippen LogP contribution in [-0.4, -0.2) is 29.5 Å². The maximum atomic E-state index is 12.6. The quantitative estimate of drug-likeness (QED) is 0.503. The van der Waals surface area contributed by atoms with Crippen molar-refractivity contribution in [1.82, 2.24) is 10.3 Å². The number of carbonyl (C=O) groups excluding carboxylic acids is 2. The van der Waals surface area contributed by atoms with Crippen LogP contribution in [-0.2, 0) is 11.3 Å². The zero-order valence-corrected chi connectivity index (χ0v) is 18.9. The molecule has 4 rings (SSSR count). The van der Waals surface area contributed by atoms with Crippen molar-refractivity contribution in [3.05, 3.63) is 52.5 Å². The molecule has 1 aromatic carbocycles. The van der Waals surface area contributed by atoms with Crippen LogP contribution < -0.4 is 15.8 Å². The summed E-state index contributed by atoms with van der Waals surface area (Å²) in [6.07, 6.45) is 7.10. The van der Waals surface area contributed by atoms with Crippen molar-refractivity contribution in [1.29, 1.82) is 0 Å². The molecule has 1 amide bonds. The number of nitrogens with one attached hydrogen (secondary N) is 1. The largest absolute Gasteiger partial charge is 0.489 e. The molecule has 3 N–H and O–H groups in total. The highest BCUT2D eigenvalue weighted by molar-refractivity contribution is 7.17. The first-order valence-electron chi connectivity index (χ1n) is 10.9. The lowest BCUT2D eigenvalue weighted by atomic mass is 9.95. The Morgan fingerprint density at radius 2 is 2.06 bits per heavy atom. The lowest BCUT2D eigenvalue weighted by molar-refractivity contribution is 0.0528. The van der Waals surface area contributed by atoms with Gasteiger partial charge in [0, 0.05) is 28.8 Å². The normalized spacial score (nSPS) is 14.3. The molecule has 0 atom stereocenters. The monoisotopic (exact) mass is 453 g/mol. The molecular formula is C24H27N3O4S. The second-order valence-corrected chi connectivity index (χ2v) is 8.75. The van der Waals surface area contributed by atoms with Crippen molar-refractivity contribution in [3.8, 4) is 5.75 Å². The van der Waals surface area contributed by atoms with Crippen LogP contribution in [0.5, 0.6) is 5.75 Å². The number of aromatic nitrogens is 1. The van der Waals surface area contributed by atoms with Gasteiger partial charge in [-0.05, 0) is 43.3 Å². The lowest BCUT2D eigenvalue weighted by Gasteiger charge is -2.22. The third-order valence-electron chi connectivity index (χ3n) is 5.63. The third-order valence-corrected chi connectivity index (χ3v) is 6.69. The molecule has 168 valence electrons. The van der Waals surface area contributed by atoms with Crippen molar-refractivity contribution < 1.29 is 19.1 Å². The summed E-state index contributed by atoms with van der Waals surface area (Å²) in [5, 5.41) is 5.74. The van der Waals surface area contributed by atoms with Gasteiger partial charge in [0.2, 0.25) is 0 Å². The number of nitrogens with zero attached hydrogens (tertiary/aromatic N) is 1. The van der Waals surface area contributed by atoms with Gasteiger partial charge in [-0.15, -0.1) is 11.3 Å². The van der Waals surface area contributed by atoms with Crippen LogP contribution >= 0.6 is 11.3 Å². The average Bonchev–Trinajstić information content (AvgIpc) is 3.24. The average molecular weight is 454 g/mol. The van der Waals surface area contributed by atoms with Gasteiger partial charge >= 0.3 is 5.97 Å². The Hall–Kier alpha value is -3.13. The second-order valence-electron chi connectivity index (χ2n) is 7.87. The Morgan fingerprint density at radius 1 is 1.25 bits per heavy atom. The van der Waals surface area contributed by atoms with E-state index in [1.165, 1.54) is 36.8 Å². The first-order chi connectivity index (χ1) is 15.6. The van der Waals surface area contributed by atoms with Crippen LogP contribution in [0.25, 0.3) is 10.1 Å². The topological polar surface area (TPSA) is 104 Å². The minimum atomic E-state index is -0.420. The summed E-state index contributed by atoms with van der Waals surface area (Å²) in [5.41, 5.74) is 7.91. The molecular weight excluding hydrogens is 426 g/mol. The Morgan fingerprint density at radius 3 is 2.84 bits per heavy atom. The van der Waals surface area contributed by atoms with Crippen LogP contribution in [0.1, 0.15) is 65.3 Å². The van der Waals surface area contributed by atoms with E-state index in [0.717, 1.165) is 23.1 Å². The summed E-state index contributed by atoms with van der Waals surface area (Å²) in [5.74, 6) is 0.439. The molecule has 1 aliphatic rings. The van der Waals surface area contributed by atoms with E-state index in [4.69, 9.17) is 15.2 Å². The molecule has 0 bridgehead atoms. The van der Waals surface area contributed by atoms with Gasteiger partial charge in [0.05, 0.1) is 16.9 Å². The van der Waals surface area contributed by atoms with Crippen molar-refractivity contribution >= 4 is 39.1 Å². The number of hydrogen-bond donors (Lipinski definition) is 2. The van der Waals surface area contributed by atoms with Crippen molar-refractivity contribution in [2.45, 2.75) is 51.7 Å². The van der Waals surface area contributed by atoms with E-state index in [1.807, 2.05) is 17.5 Å². The zero-order chi connectivity index (χ0) is 22.5. The fourth-order valence-corrected chi connectivity index (χ4v) is 5.06. The molecule has 1 aliphatic carbocycles. The van der Waals surface area contributed by atoms with E-state index in [-0.39, 0.29) is 25.2 Å². The highest BCUT2D eigenvalue weighted by atomic mass is 32.1. The summed E-state index contributed by atoms with van der Waals surface area (Å²) in [6.45, 7) is 2.29.